The summed E-state index contributed by atoms with van der Waals surface area (Å²) in [7, 11) is 1.90. The van der Waals surface area contributed by atoms with Crippen LogP contribution in [-0.2, 0) is 11.2 Å². The van der Waals surface area contributed by atoms with Gasteiger partial charge in [-0.2, -0.15) is 4.52 Å². The fourth-order valence-corrected chi connectivity index (χ4v) is 4.73. The summed E-state index contributed by atoms with van der Waals surface area (Å²) in [5, 5.41) is 12.2. The molecule has 9 heteroatoms. The van der Waals surface area contributed by atoms with E-state index in [1.54, 1.807) is 0 Å². The van der Waals surface area contributed by atoms with E-state index in [1.165, 1.54) is 16.9 Å². The van der Waals surface area contributed by atoms with Crippen LogP contribution in [0.5, 0.6) is 0 Å². The van der Waals surface area contributed by atoms with E-state index in [4.69, 9.17) is 10.1 Å². The second-order valence-electron chi connectivity index (χ2n) is 9.90. The maximum atomic E-state index is 12.5. The van der Waals surface area contributed by atoms with Gasteiger partial charge >= 0.3 is 0 Å². The van der Waals surface area contributed by atoms with Crippen molar-refractivity contribution in [2.45, 2.75) is 59.9 Å². The van der Waals surface area contributed by atoms with E-state index in [9.17, 15) is 4.79 Å². The molecule has 0 saturated heterocycles. The minimum atomic E-state index is -0.158. The number of fused-ring (bicyclic) bond motifs is 1. The van der Waals surface area contributed by atoms with E-state index in [2.05, 4.69) is 81.3 Å². The van der Waals surface area contributed by atoms with Crippen LogP contribution in [0.4, 0.5) is 10.9 Å². The highest BCUT2D eigenvalue weighted by molar-refractivity contribution is 7.20. The minimum absolute atomic E-state index is 0.00429. The predicted octanol–water partition coefficient (Wildman–Crippen LogP) is 4.51. The molecule has 1 amide bonds. The first-order chi connectivity index (χ1) is 16.6. The number of hydrogen-bond acceptors (Lipinski definition) is 7. The molecule has 3 rings (SSSR count). The van der Waals surface area contributed by atoms with E-state index in [0.29, 0.717) is 6.54 Å². The summed E-state index contributed by atoms with van der Waals surface area (Å²) < 4.78 is 1.87. The Morgan fingerprint density at radius 1 is 1.11 bits per heavy atom. The Balaban J connectivity index is 1.73. The normalized spacial score (nSPS) is 11.9. The van der Waals surface area contributed by atoms with Crippen LogP contribution < -0.4 is 15.5 Å². The highest BCUT2D eigenvalue weighted by atomic mass is 32.1. The second-order valence-corrected chi connectivity index (χ2v) is 10.8. The molecule has 0 aliphatic rings. The van der Waals surface area contributed by atoms with Gasteiger partial charge in [0.2, 0.25) is 16.0 Å². The van der Waals surface area contributed by atoms with Crippen LogP contribution in [0.3, 0.4) is 0 Å². The van der Waals surface area contributed by atoms with Gasteiger partial charge in [-0.1, -0.05) is 56.4 Å². The third kappa shape index (κ3) is 7.18. The fourth-order valence-electron chi connectivity index (χ4n) is 3.87. The number of benzene rings is 1. The number of aryl methyl sites for hydroxylation is 1. The molecule has 8 nitrogen and oxygen atoms in total. The summed E-state index contributed by atoms with van der Waals surface area (Å²) in [6.07, 6.45) is 1.96. The summed E-state index contributed by atoms with van der Waals surface area (Å²) in [5.41, 5.74) is 3.09. The van der Waals surface area contributed by atoms with Gasteiger partial charge in [0.25, 0.3) is 0 Å². The van der Waals surface area contributed by atoms with Gasteiger partial charge in [-0.05, 0) is 58.8 Å². The van der Waals surface area contributed by atoms with Crippen molar-refractivity contribution in [3.05, 3.63) is 29.8 Å². The molecule has 2 heterocycles. The van der Waals surface area contributed by atoms with E-state index >= 15 is 0 Å². The molecule has 0 atom stereocenters. The predicted molar refractivity (Wildman–Crippen MR) is 148 cm³/mol. The van der Waals surface area contributed by atoms with Crippen molar-refractivity contribution in [1.82, 2.24) is 24.8 Å². The zero-order valence-electron chi connectivity index (χ0n) is 22.3. The zero-order valence-corrected chi connectivity index (χ0v) is 23.1. The Hall–Kier alpha value is -2.65. The molecular weight excluding hydrogens is 458 g/mol. The van der Waals surface area contributed by atoms with Gasteiger partial charge in [-0.25, -0.2) is 4.98 Å². The molecule has 0 spiro atoms. The molecule has 0 aliphatic carbocycles. The van der Waals surface area contributed by atoms with Crippen LogP contribution in [0.1, 0.15) is 53.5 Å². The SMILES string of the molecule is CCc1ccc(-c2nc3sc(N(C)CC(=O)NCCCN(CC)CC)nn3c2NC(C)(C)C)cc1. The maximum absolute atomic E-state index is 12.5. The van der Waals surface area contributed by atoms with Crippen molar-refractivity contribution < 1.29 is 4.79 Å². The van der Waals surface area contributed by atoms with Crippen molar-refractivity contribution in [2.24, 2.45) is 0 Å². The van der Waals surface area contributed by atoms with Crippen molar-refractivity contribution >= 4 is 33.2 Å². The van der Waals surface area contributed by atoms with Crippen LogP contribution in [0.2, 0.25) is 0 Å². The molecule has 0 radical (unpaired) electrons. The molecule has 0 bridgehead atoms. The number of rotatable bonds is 12. The zero-order chi connectivity index (χ0) is 25.6. The maximum Gasteiger partial charge on any atom is 0.239 e. The van der Waals surface area contributed by atoms with Crippen molar-refractivity contribution in [3.63, 3.8) is 0 Å². The summed E-state index contributed by atoms with van der Waals surface area (Å²) in [5.74, 6) is 0.873. The topological polar surface area (TPSA) is 77.8 Å². The number of anilines is 2. The smallest absolute Gasteiger partial charge is 0.239 e. The lowest BCUT2D eigenvalue weighted by Crippen LogP contribution is -2.36. The van der Waals surface area contributed by atoms with E-state index in [1.807, 2.05) is 16.5 Å². The molecular formula is C26H41N7OS. The quantitative estimate of drug-likeness (QED) is 0.357. The van der Waals surface area contributed by atoms with Gasteiger partial charge in [-0.3, -0.25) is 4.79 Å². The number of imidazole rings is 1. The first-order valence-electron chi connectivity index (χ1n) is 12.6. The van der Waals surface area contributed by atoms with Crippen LogP contribution in [0.25, 0.3) is 16.2 Å². The van der Waals surface area contributed by atoms with Gasteiger partial charge in [0.15, 0.2) is 5.82 Å². The Kier molecular flexibility index (Phi) is 9.13. The first kappa shape index (κ1) is 26.9. The van der Waals surface area contributed by atoms with Gasteiger partial charge < -0.3 is 20.4 Å². The average Bonchev–Trinajstić information content (AvgIpc) is 3.38. The van der Waals surface area contributed by atoms with Gasteiger partial charge in [0, 0.05) is 24.7 Å². The largest absolute Gasteiger partial charge is 0.364 e. The van der Waals surface area contributed by atoms with E-state index in [0.717, 1.165) is 59.6 Å². The highest BCUT2D eigenvalue weighted by Gasteiger charge is 2.23. The van der Waals surface area contributed by atoms with Gasteiger partial charge in [-0.15, -0.1) is 5.10 Å². The lowest BCUT2D eigenvalue weighted by Gasteiger charge is -2.22. The molecule has 1 aromatic carbocycles. The standard InChI is InChI=1S/C26H41N7OS/c1-8-19-12-14-20(15-13-19)22-23(29-26(4,5)6)33-24(28-22)35-25(30-33)31(7)18-21(34)27-16-11-17-32(9-2)10-3/h12-15,29H,8-11,16-18H2,1-7H3,(H,27,34). The molecule has 35 heavy (non-hydrogen) atoms. The Morgan fingerprint density at radius 2 is 1.80 bits per heavy atom. The molecule has 2 aromatic heterocycles. The lowest BCUT2D eigenvalue weighted by molar-refractivity contribution is -0.119. The van der Waals surface area contributed by atoms with E-state index < -0.39 is 0 Å². The first-order valence-corrected chi connectivity index (χ1v) is 13.4. The van der Waals surface area contributed by atoms with Crippen molar-refractivity contribution in [1.29, 1.82) is 0 Å². The van der Waals surface area contributed by atoms with E-state index in [-0.39, 0.29) is 18.0 Å². The lowest BCUT2D eigenvalue weighted by atomic mass is 10.1. The number of nitrogens with zero attached hydrogens (tertiary/aromatic N) is 5. The third-order valence-corrected chi connectivity index (χ3v) is 6.92. The molecule has 3 aromatic rings. The molecule has 192 valence electrons. The number of carbonyl (C=O) groups is 1. The second kappa shape index (κ2) is 11.9. The number of nitrogens with one attached hydrogen (secondary N) is 2. The summed E-state index contributed by atoms with van der Waals surface area (Å²) in [4.78, 5) is 22.5. The Bertz CT molecular complexity index is 1090. The number of hydrogen-bond donors (Lipinski definition) is 2. The Labute approximate surface area is 213 Å². The summed E-state index contributed by atoms with van der Waals surface area (Å²) in [6.45, 7) is 16.9. The molecule has 0 fully saturated rings. The highest BCUT2D eigenvalue weighted by Crippen LogP contribution is 2.34. The number of aromatic nitrogens is 3. The van der Waals surface area contributed by atoms with Crippen LogP contribution in [0.15, 0.2) is 24.3 Å². The molecule has 2 N–H and O–H groups in total. The van der Waals surface area contributed by atoms with Crippen molar-refractivity contribution in [2.75, 3.05) is 50.0 Å². The molecule has 0 aliphatic heterocycles. The summed E-state index contributed by atoms with van der Waals surface area (Å²) in [6, 6.07) is 8.54. The number of carbonyl (C=O) groups excluding carboxylic acids is 1. The van der Waals surface area contributed by atoms with Gasteiger partial charge in [0.05, 0.1) is 6.54 Å². The minimum Gasteiger partial charge on any atom is -0.364 e. The van der Waals surface area contributed by atoms with Crippen LogP contribution in [-0.4, -0.2) is 70.7 Å². The van der Waals surface area contributed by atoms with Crippen molar-refractivity contribution in [3.8, 4) is 11.3 Å². The third-order valence-electron chi connectivity index (χ3n) is 5.90. The number of amides is 1. The van der Waals surface area contributed by atoms with Crippen LogP contribution >= 0.6 is 11.3 Å². The molecule has 0 unspecified atom stereocenters. The fraction of sp³-hybridized carbons (Fsp3) is 0.577. The number of likely N-dealkylation sites (N-methyl/N-ethyl adjacent to an activating group) is 1. The average molecular weight is 500 g/mol. The summed E-state index contributed by atoms with van der Waals surface area (Å²) >= 11 is 1.49. The monoisotopic (exact) mass is 499 g/mol. The molecule has 0 saturated carbocycles. The Morgan fingerprint density at radius 3 is 2.40 bits per heavy atom. The van der Waals surface area contributed by atoms with Crippen LogP contribution in [0, 0.1) is 0 Å². The van der Waals surface area contributed by atoms with Gasteiger partial charge in [0.1, 0.15) is 5.69 Å².